The summed E-state index contributed by atoms with van der Waals surface area (Å²) in [5.74, 6) is 0.859. The largest absolute Gasteiger partial charge is 0.496 e. The van der Waals surface area contributed by atoms with Crippen LogP contribution in [0.5, 0.6) is 5.75 Å². The van der Waals surface area contributed by atoms with Gasteiger partial charge in [0, 0.05) is 12.2 Å². The zero-order valence-corrected chi connectivity index (χ0v) is 10.6. The lowest BCUT2D eigenvalue weighted by molar-refractivity contribution is -0.000392. The predicted octanol–water partition coefficient (Wildman–Crippen LogP) is 2.57. The molecule has 17 heavy (non-hydrogen) atoms. The lowest BCUT2D eigenvalue weighted by Gasteiger charge is -2.29. The zero-order chi connectivity index (χ0) is 12.3. The summed E-state index contributed by atoms with van der Waals surface area (Å²) in [5.41, 5.74) is 8.57. The Balaban J connectivity index is 2.21. The molecule has 0 radical (unpaired) electrons. The van der Waals surface area contributed by atoms with Gasteiger partial charge in [-0.25, -0.2) is 0 Å². The van der Waals surface area contributed by atoms with E-state index in [4.69, 9.17) is 15.2 Å². The van der Waals surface area contributed by atoms with E-state index in [-0.39, 0.29) is 12.1 Å². The third-order valence-corrected chi connectivity index (χ3v) is 3.36. The number of ether oxygens (including phenoxy) is 2. The fraction of sp³-hybridized carbons (Fsp3) is 0.571. The number of hydrogen-bond donors (Lipinski definition) is 1. The topological polar surface area (TPSA) is 44.5 Å². The van der Waals surface area contributed by atoms with Gasteiger partial charge in [-0.3, -0.25) is 0 Å². The second kappa shape index (κ2) is 5.52. The van der Waals surface area contributed by atoms with Gasteiger partial charge in [0.05, 0.1) is 19.3 Å². The molecule has 0 bridgehead atoms. The first-order valence-electron chi connectivity index (χ1n) is 6.24. The van der Waals surface area contributed by atoms with Crippen molar-refractivity contribution in [2.24, 2.45) is 5.73 Å². The van der Waals surface area contributed by atoms with Gasteiger partial charge in [0.1, 0.15) is 5.75 Å². The molecular weight excluding hydrogens is 214 g/mol. The molecule has 2 rings (SSSR count). The van der Waals surface area contributed by atoms with Crippen LogP contribution in [0.4, 0.5) is 0 Å². The Morgan fingerprint density at radius 2 is 2.24 bits per heavy atom. The lowest BCUT2D eigenvalue weighted by Crippen LogP contribution is -2.32. The summed E-state index contributed by atoms with van der Waals surface area (Å²) < 4.78 is 11.1. The molecule has 1 saturated heterocycles. The van der Waals surface area contributed by atoms with E-state index in [1.165, 1.54) is 12.0 Å². The van der Waals surface area contributed by atoms with E-state index in [2.05, 4.69) is 13.0 Å². The van der Waals surface area contributed by atoms with E-state index in [0.29, 0.717) is 0 Å². The van der Waals surface area contributed by atoms with Crippen molar-refractivity contribution in [3.05, 3.63) is 29.3 Å². The molecule has 2 unspecified atom stereocenters. The number of methoxy groups -OCH3 is 1. The van der Waals surface area contributed by atoms with Crippen molar-refractivity contribution in [2.75, 3.05) is 13.7 Å². The molecular formula is C14H21NO2. The van der Waals surface area contributed by atoms with Crippen LogP contribution < -0.4 is 10.5 Å². The van der Waals surface area contributed by atoms with Crippen molar-refractivity contribution in [2.45, 2.75) is 38.3 Å². The van der Waals surface area contributed by atoms with Crippen molar-refractivity contribution < 1.29 is 9.47 Å². The highest BCUT2D eigenvalue weighted by Crippen LogP contribution is 2.31. The van der Waals surface area contributed by atoms with Crippen LogP contribution in [0.3, 0.4) is 0 Å². The third-order valence-electron chi connectivity index (χ3n) is 3.36. The third kappa shape index (κ3) is 2.79. The van der Waals surface area contributed by atoms with E-state index in [1.807, 2.05) is 12.1 Å². The Bertz CT molecular complexity index is 372. The highest BCUT2D eigenvalue weighted by molar-refractivity contribution is 5.39. The molecule has 0 aromatic heterocycles. The van der Waals surface area contributed by atoms with Gasteiger partial charge < -0.3 is 15.2 Å². The summed E-state index contributed by atoms with van der Waals surface area (Å²) in [6.07, 6.45) is 3.51. The molecule has 1 aromatic carbocycles. The highest BCUT2D eigenvalue weighted by atomic mass is 16.5. The average Bonchev–Trinajstić information content (AvgIpc) is 2.39. The van der Waals surface area contributed by atoms with Gasteiger partial charge in [-0.15, -0.1) is 0 Å². The second-order valence-corrected chi connectivity index (χ2v) is 4.68. The first kappa shape index (κ1) is 12.4. The summed E-state index contributed by atoms with van der Waals surface area (Å²) in [5, 5.41) is 0. The smallest absolute Gasteiger partial charge is 0.123 e. The number of hydrogen-bond acceptors (Lipinski definition) is 3. The van der Waals surface area contributed by atoms with E-state index < -0.39 is 0 Å². The molecule has 0 amide bonds. The maximum atomic E-state index is 6.31. The van der Waals surface area contributed by atoms with Crippen LogP contribution in [0.15, 0.2) is 18.2 Å². The molecule has 2 N–H and O–H groups in total. The summed E-state index contributed by atoms with van der Waals surface area (Å²) in [6.45, 7) is 2.89. The molecule has 1 heterocycles. The first-order valence-corrected chi connectivity index (χ1v) is 6.24. The van der Waals surface area contributed by atoms with Gasteiger partial charge in [-0.2, -0.15) is 0 Å². The van der Waals surface area contributed by atoms with Crippen LogP contribution in [0, 0.1) is 6.92 Å². The average molecular weight is 235 g/mol. The fourth-order valence-corrected chi connectivity index (χ4v) is 2.36. The molecule has 3 heteroatoms. The van der Waals surface area contributed by atoms with E-state index in [0.717, 1.165) is 30.8 Å². The normalized spacial score (nSPS) is 22.2. The molecule has 1 aliphatic heterocycles. The van der Waals surface area contributed by atoms with Gasteiger partial charge in [-0.05, 0) is 32.3 Å². The summed E-state index contributed by atoms with van der Waals surface area (Å²) >= 11 is 0. The Morgan fingerprint density at radius 1 is 1.41 bits per heavy atom. The first-order chi connectivity index (χ1) is 8.22. The van der Waals surface area contributed by atoms with Crippen LogP contribution >= 0.6 is 0 Å². The van der Waals surface area contributed by atoms with Crippen molar-refractivity contribution >= 4 is 0 Å². The Labute approximate surface area is 103 Å². The molecule has 1 aliphatic rings. The van der Waals surface area contributed by atoms with Crippen molar-refractivity contribution in [3.8, 4) is 5.75 Å². The minimum Gasteiger partial charge on any atom is -0.496 e. The number of aryl methyl sites for hydroxylation is 1. The van der Waals surface area contributed by atoms with Crippen LogP contribution in [-0.2, 0) is 4.74 Å². The number of rotatable bonds is 3. The molecule has 0 saturated carbocycles. The second-order valence-electron chi connectivity index (χ2n) is 4.68. The Morgan fingerprint density at radius 3 is 2.88 bits per heavy atom. The monoisotopic (exact) mass is 235 g/mol. The fourth-order valence-electron chi connectivity index (χ4n) is 2.36. The molecule has 1 aromatic rings. The van der Waals surface area contributed by atoms with Crippen molar-refractivity contribution in [3.63, 3.8) is 0 Å². The molecule has 0 spiro atoms. The van der Waals surface area contributed by atoms with E-state index in [9.17, 15) is 0 Å². The van der Waals surface area contributed by atoms with Crippen LogP contribution in [0.2, 0.25) is 0 Å². The summed E-state index contributed by atoms with van der Waals surface area (Å²) in [7, 11) is 1.68. The zero-order valence-electron chi connectivity index (χ0n) is 10.6. The van der Waals surface area contributed by atoms with Gasteiger partial charge in [-0.1, -0.05) is 17.7 Å². The predicted molar refractivity (Wildman–Crippen MR) is 68.3 cm³/mol. The molecule has 2 atom stereocenters. The van der Waals surface area contributed by atoms with Gasteiger partial charge in [0.2, 0.25) is 0 Å². The van der Waals surface area contributed by atoms with Crippen LogP contribution in [0.25, 0.3) is 0 Å². The van der Waals surface area contributed by atoms with Gasteiger partial charge in [0.15, 0.2) is 0 Å². The van der Waals surface area contributed by atoms with E-state index >= 15 is 0 Å². The van der Waals surface area contributed by atoms with E-state index in [1.54, 1.807) is 7.11 Å². The van der Waals surface area contributed by atoms with Crippen molar-refractivity contribution in [1.29, 1.82) is 0 Å². The Hall–Kier alpha value is -1.06. The van der Waals surface area contributed by atoms with Gasteiger partial charge in [0.25, 0.3) is 0 Å². The van der Waals surface area contributed by atoms with Crippen molar-refractivity contribution in [1.82, 2.24) is 0 Å². The maximum Gasteiger partial charge on any atom is 0.123 e. The number of nitrogens with two attached hydrogens (primary N) is 1. The molecule has 3 nitrogen and oxygen atoms in total. The van der Waals surface area contributed by atoms with Crippen LogP contribution in [0.1, 0.15) is 36.4 Å². The Kier molecular flexibility index (Phi) is 4.02. The summed E-state index contributed by atoms with van der Waals surface area (Å²) in [6, 6.07) is 6.02. The standard InChI is InChI=1S/C14H21NO2/c1-10-6-7-12(16-2)11(9-10)14(15)13-5-3-4-8-17-13/h6-7,9,13-14H,3-5,8,15H2,1-2H3. The van der Waals surface area contributed by atoms with Crippen LogP contribution in [-0.4, -0.2) is 19.8 Å². The summed E-state index contributed by atoms with van der Waals surface area (Å²) in [4.78, 5) is 0. The minimum atomic E-state index is -0.0925. The quantitative estimate of drug-likeness (QED) is 0.875. The minimum absolute atomic E-state index is 0.0925. The molecule has 0 aliphatic carbocycles. The molecule has 1 fully saturated rings. The highest BCUT2D eigenvalue weighted by Gasteiger charge is 2.25. The SMILES string of the molecule is COc1ccc(C)cc1C(N)C1CCCCO1. The lowest BCUT2D eigenvalue weighted by atomic mass is 9.95. The maximum absolute atomic E-state index is 6.31. The molecule has 94 valence electrons. The van der Waals surface area contributed by atoms with Gasteiger partial charge >= 0.3 is 0 Å². The number of benzene rings is 1.